The highest BCUT2D eigenvalue weighted by molar-refractivity contribution is 7.80. The highest BCUT2D eigenvalue weighted by Gasteiger charge is 2.45. The van der Waals surface area contributed by atoms with Gasteiger partial charge in [-0.05, 0) is 48.6 Å². The van der Waals surface area contributed by atoms with E-state index in [1.54, 1.807) is 42.5 Å². The maximum Gasteiger partial charge on any atom is 0.337 e. The van der Waals surface area contributed by atoms with Crippen LogP contribution < -0.4 is 10.2 Å². The summed E-state index contributed by atoms with van der Waals surface area (Å²) < 4.78 is 9.36. The lowest BCUT2D eigenvalue weighted by molar-refractivity contribution is -0.141. The van der Waals surface area contributed by atoms with Crippen molar-refractivity contribution in [2.24, 2.45) is 0 Å². The van der Waals surface area contributed by atoms with Gasteiger partial charge in [0.1, 0.15) is 12.6 Å². The number of thiocarbonyl (C=S) groups is 1. The van der Waals surface area contributed by atoms with E-state index in [1.165, 1.54) is 36.2 Å². The molecule has 0 aliphatic carbocycles. The van der Waals surface area contributed by atoms with E-state index < -0.39 is 29.8 Å². The Morgan fingerprint density at radius 1 is 1.00 bits per heavy atom. The number of benzene rings is 2. The minimum Gasteiger partial charge on any atom is -0.468 e. The molecule has 1 heterocycles. The number of ether oxygens (including phenoxy) is 2. The molecule has 0 radical (unpaired) electrons. The lowest BCUT2D eigenvalue weighted by atomic mass is 10.1. The van der Waals surface area contributed by atoms with E-state index in [4.69, 9.17) is 17.0 Å². The van der Waals surface area contributed by atoms with E-state index in [0.717, 1.165) is 0 Å². The van der Waals surface area contributed by atoms with Gasteiger partial charge in [-0.3, -0.25) is 19.3 Å². The molecular weight excluding hydrogens is 434 g/mol. The SMILES string of the molecule is COC(=O)CN1C(=S)N(c2ccccc2)C(=O)[C@@H]1CC(=O)Nc1ccc(C(=O)OC)cc1. The van der Waals surface area contributed by atoms with Crippen LogP contribution in [0.3, 0.4) is 0 Å². The average Bonchev–Trinajstić information content (AvgIpc) is 3.03. The molecule has 1 aliphatic heterocycles. The first-order chi connectivity index (χ1) is 15.3. The number of amides is 2. The second-order valence-electron chi connectivity index (χ2n) is 6.83. The number of methoxy groups -OCH3 is 2. The van der Waals surface area contributed by atoms with Crippen LogP contribution in [0.15, 0.2) is 54.6 Å². The zero-order chi connectivity index (χ0) is 23.3. The van der Waals surface area contributed by atoms with Crippen LogP contribution in [-0.2, 0) is 23.9 Å². The normalized spacial score (nSPS) is 15.5. The number of carbonyl (C=O) groups is 4. The van der Waals surface area contributed by atoms with Crippen molar-refractivity contribution in [2.75, 3.05) is 31.0 Å². The van der Waals surface area contributed by atoms with E-state index in [1.807, 2.05) is 0 Å². The quantitative estimate of drug-likeness (QED) is 0.499. The van der Waals surface area contributed by atoms with Gasteiger partial charge in [0.15, 0.2) is 5.11 Å². The van der Waals surface area contributed by atoms with Gasteiger partial charge in [0.2, 0.25) is 5.91 Å². The first-order valence-electron chi connectivity index (χ1n) is 9.60. The number of esters is 2. The van der Waals surface area contributed by atoms with Crippen LogP contribution in [0, 0.1) is 0 Å². The number of nitrogens with one attached hydrogen (secondary N) is 1. The van der Waals surface area contributed by atoms with Crippen molar-refractivity contribution < 1.29 is 28.7 Å². The van der Waals surface area contributed by atoms with Gasteiger partial charge >= 0.3 is 11.9 Å². The monoisotopic (exact) mass is 455 g/mol. The maximum atomic E-state index is 13.2. The van der Waals surface area contributed by atoms with Gasteiger partial charge < -0.3 is 19.7 Å². The van der Waals surface area contributed by atoms with Gasteiger partial charge in [0.05, 0.1) is 31.9 Å². The Morgan fingerprint density at radius 3 is 2.25 bits per heavy atom. The van der Waals surface area contributed by atoms with Crippen molar-refractivity contribution in [3.63, 3.8) is 0 Å². The molecule has 32 heavy (non-hydrogen) atoms. The smallest absolute Gasteiger partial charge is 0.337 e. The summed E-state index contributed by atoms with van der Waals surface area (Å²) in [6.45, 7) is -0.268. The van der Waals surface area contributed by atoms with Gasteiger partial charge in [0.25, 0.3) is 5.91 Å². The van der Waals surface area contributed by atoms with Crippen molar-refractivity contribution in [3.8, 4) is 0 Å². The molecule has 9 nitrogen and oxygen atoms in total. The molecule has 0 spiro atoms. The first kappa shape index (κ1) is 22.9. The molecule has 166 valence electrons. The molecule has 2 aromatic carbocycles. The summed E-state index contributed by atoms with van der Waals surface area (Å²) in [6, 6.07) is 13.9. The van der Waals surface area contributed by atoms with Gasteiger partial charge in [-0.2, -0.15) is 0 Å². The van der Waals surface area contributed by atoms with Crippen LogP contribution in [0.2, 0.25) is 0 Å². The van der Waals surface area contributed by atoms with E-state index in [2.05, 4.69) is 10.1 Å². The average molecular weight is 455 g/mol. The summed E-state index contributed by atoms with van der Waals surface area (Å²) in [4.78, 5) is 52.0. The minimum absolute atomic E-state index is 0.117. The summed E-state index contributed by atoms with van der Waals surface area (Å²) in [7, 11) is 2.51. The van der Waals surface area contributed by atoms with Crippen LogP contribution in [0.4, 0.5) is 11.4 Å². The Bertz CT molecular complexity index is 1040. The molecule has 1 aliphatic rings. The van der Waals surface area contributed by atoms with E-state index in [0.29, 0.717) is 16.9 Å². The number of anilines is 2. The van der Waals surface area contributed by atoms with Crippen LogP contribution in [0.5, 0.6) is 0 Å². The molecular formula is C22H21N3O6S. The van der Waals surface area contributed by atoms with Crippen molar-refractivity contribution in [2.45, 2.75) is 12.5 Å². The van der Waals surface area contributed by atoms with E-state index >= 15 is 0 Å². The van der Waals surface area contributed by atoms with Gasteiger partial charge in [-0.15, -0.1) is 0 Å². The third kappa shape index (κ3) is 4.92. The summed E-state index contributed by atoms with van der Waals surface area (Å²) in [6.07, 6.45) is -0.238. The Balaban J connectivity index is 1.77. The van der Waals surface area contributed by atoms with Gasteiger partial charge in [-0.1, -0.05) is 18.2 Å². The van der Waals surface area contributed by atoms with Crippen molar-refractivity contribution >= 4 is 52.5 Å². The topological polar surface area (TPSA) is 105 Å². The molecule has 1 atom stereocenters. The first-order valence-corrected chi connectivity index (χ1v) is 10.0. The Hall–Kier alpha value is -3.79. The molecule has 10 heteroatoms. The lowest BCUT2D eigenvalue weighted by Crippen LogP contribution is -2.41. The zero-order valence-corrected chi connectivity index (χ0v) is 18.3. The third-order valence-corrected chi connectivity index (χ3v) is 5.25. The summed E-state index contributed by atoms with van der Waals surface area (Å²) >= 11 is 5.44. The molecule has 0 unspecified atom stereocenters. The molecule has 1 fully saturated rings. The molecule has 0 aromatic heterocycles. The Labute approximate surface area is 189 Å². The molecule has 3 rings (SSSR count). The molecule has 0 bridgehead atoms. The Kier molecular flexibility index (Phi) is 7.16. The largest absolute Gasteiger partial charge is 0.468 e. The van der Waals surface area contributed by atoms with Crippen LogP contribution >= 0.6 is 12.2 Å². The van der Waals surface area contributed by atoms with Crippen molar-refractivity contribution in [1.82, 2.24) is 4.90 Å². The molecule has 1 N–H and O–H groups in total. The van der Waals surface area contributed by atoms with E-state index in [9.17, 15) is 19.2 Å². The number of nitrogens with zero attached hydrogens (tertiary/aromatic N) is 2. The number of hydrogen-bond acceptors (Lipinski definition) is 7. The predicted octanol–water partition coefficient (Wildman–Crippen LogP) is 1.98. The molecule has 1 saturated heterocycles. The van der Waals surface area contributed by atoms with Crippen LogP contribution in [0.25, 0.3) is 0 Å². The fraction of sp³-hybridized carbons (Fsp3) is 0.227. The van der Waals surface area contributed by atoms with Gasteiger partial charge in [-0.25, -0.2) is 4.79 Å². The Morgan fingerprint density at radius 2 is 1.66 bits per heavy atom. The lowest BCUT2D eigenvalue weighted by Gasteiger charge is -2.22. The van der Waals surface area contributed by atoms with Gasteiger partial charge in [0, 0.05) is 5.69 Å². The number of para-hydroxylation sites is 1. The maximum absolute atomic E-state index is 13.2. The standard InChI is InChI=1S/C22H21N3O6S/c1-30-19(27)13-24-17(20(28)25(22(24)32)16-6-4-3-5-7-16)12-18(26)23-15-10-8-14(9-11-15)21(29)31-2/h3-11,17H,12-13H2,1-2H3,(H,23,26)/t17-/m0/s1. The molecule has 2 aromatic rings. The second-order valence-corrected chi connectivity index (χ2v) is 7.20. The third-order valence-electron chi connectivity index (χ3n) is 4.83. The molecule has 2 amide bonds. The fourth-order valence-electron chi connectivity index (χ4n) is 3.23. The fourth-order valence-corrected chi connectivity index (χ4v) is 3.61. The highest BCUT2D eigenvalue weighted by Crippen LogP contribution is 2.27. The minimum atomic E-state index is -0.976. The van der Waals surface area contributed by atoms with Crippen LogP contribution in [-0.4, -0.2) is 60.6 Å². The number of hydrogen-bond donors (Lipinski definition) is 1. The van der Waals surface area contributed by atoms with Crippen molar-refractivity contribution in [1.29, 1.82) is 0 Å². The number of carbonyl (C=O) groups excluding carboxylic acids is 4. The van der Waals surface area contributed by atoms with E-state index in [-0.39, 0.29) is 18.1 Å². The summed E-state index contributed by atoms with van der Waals surface area (Å²) in [5.41, 5.74) is 1.32. The van der Waals surface area contributed by atoms with Crippen LogP contribution in [0.1, 0.15) is 16.8 Å². The highest BCUT2D eigenvalue weighted by atomic mass is 32.1. The summed E-state index contributed by atoms with van der Waals surface area (Å²) in [5.74, 6) is -1.95. The number of rotatable bonds is 7. The van der Waals surface area contributed by atoms with Crippen molar-refractivity contribution in [3.05, 3.63) is 60.2 Å². The molecule has 0 saturated carbocycles. The predicted molar refractivity (Wildman–Crippen MR) is 120 cm³/mol. The second kappa shape index (κ2) is 10.0. The zero-order valence-electron chi connectivity index (χ0n) is 17.4. The summed E-state index contributed by atoms with van der Waals surface area (Å²) in [5, 5.41) is 2.80.